The van der Waals surface area contributed by atoms with Crippen molar-refractivity contribution in [2.24, 2.45) is 0 Å². The van der Waals surface area contributed by atoms with E-state index in [9.17, 15) is 13.2 Å². The van der Waals surface area contributed by atoms with Crippen LogP contribution in [-0.2, 0) is 10.0 Å². The van der Waals surface area contributed by atoms with Crippen molar-refractivity contribution in [1.82, 2.24) is 9.62 Å². The Hall–Kier alpha value is -1.22. The van der Waals surface area contributed by atoms with Crippen molar-refractivity contribution in [3.8, 4) is 0 Å². The summed E-state index contributed by atoms with van der Waals surface area (Å²) in [6.45, 7) is 1.89. The molecular formula is C15H17BrN2O3S2. The number of benzene rings is 1. The molecular weight excluding hydrogens is 400 g/mol. The van der Waals surface area contributed by atoms with Gasteiger partial charge in [0.1, 0.15) is 0 Å². The average Bonchev–Trinajstić information content (AvgIpc) is 3.01. The molecule has 0 aliphatic rings. The third kappa shape index (κ3) is 4.00. The van der Waals surface area contributed by atoms with Gasteiger partial charge in [-0.25, -0.2) is 12.7 Å². The Kier molecular flexibility index (Phi) is 5.61. The Morgan fingerprint density at radius 2 is 2.00 bits per heavy atom. The summed E-state index contributed by atoms with van der Waals surface area (Å²) in [6.07, 6.45) is 0. The highest BCUT2D eigenvalue weighted by Crippen LogP contribution is 2.26. The van der Waals surface area contributed by atoms with Crippen LogP contribution in [0.4, 0.5) is 0 Å². The monoisotopic (exact) mass is 416 g/mol. The lowest BCUT2D eigenvalue weighted by Gasteiger charge is -2.15. The minimum absolute atomic E-state index is 0.0685. The number of nitrogens with one attached hydrogen (secondary N) is 1. The molecule has 0 saturated heterocycles. The van der Waals surface area contributed by atoms with E-state index in [1.807, 2.05) is 24.4 Å². The Bertz CT molecular complexity index is 802. The maximum absolute atomic E-state index is 12.4. The highest BCUT2D eigenvalue weighted by Gasteiger charge is 2.22. The van der Waals surface area contributed by atoms with Crippen molar-refractivity contribution in [2.75, 3.05) is 14.1 Å². The van der Waals surface area contributed by atoms with Crippen molar-refractivity contribution in [1.29, 1.82) is 0 Å². The molecule has 0 aliphatic heterocycles. The summed E-state index contributed by atoms with van der Waals surface area (Å²) in [4.78, 5) is 13.5. The van der Waals surface area contributed by atoms with Gasteiger partial charge in [0, 0.05) is 29.0 Å². The summed E-state index contributed by atoms with van der Waals surface area (Å²) in [7, 11) is -0.723. The van der Waals surface area contributed by atoms with Crippen LogP contribution < -0.4 is 5.32 Å². The van der Waals surface area contributed by atoms with Crippen LogP contribution in [0.15, 0.2) is 45.1 Å². The number of halogens is 1. The highest BCUT2D eigenvalue weighted by atomic mass is 79.9. The molecule has 0 radical (unpaired) electrons. The van der Waals surface area contributed by atoms with E-state index in [4.69, 9.17) is 0 Å². The third-order valence-corrected chi connectivity index (χ3v) is 7.13. The minimum Gasteiger partial charge on any atom is -0.345 e. The van der Waals surface area contributed by atoms with Crippen molar-refractivity contribution >= 4 is 43.2 Å². The zero-order valence-corrected chi connectivity index (χ0v) is 16.1. The van der Waals surface area contributed by atoms with E-state index in [0.717, 1.165) is 9.18 Å². The molecule has 0 saturated carbocycles. The molecule has 124 valence electrons. The lowest BCUT2D eigenvalue weighted by Crippen LogP contribution is -2.27. The molecule has 1 amide bonds. The van der Waals surface area contributed by atoms with Crippen LogP contribution in [0.2, 0.25) is 0 Å². The topological polar surface area (TPSA) is 66.5 Å². The van der Waals surface area contributed by atoms with Crippen LogP contribution in [0.3, 0.4) is 0 Å². The van der Waals surface area contributed by atoms with Crippen molar-refractivity contribution in [3.63, 3.8) is 0 Å². The molecule has 0 fully saturated rings. The molecule has 8 heteroatoms. The minimum atomic E-state index is -3.63. The second kappa shape index (κ2) is 7.12. The lowest BCUT2D eigenvalue weighted by atomic mass is 10.2. The number of nitrogens with zero attached hydrogens (tertiary/aromatic N) is 1. The van der Waals surface area contributed by atoms with Gasteiger partial charge in [0.15, 0.2) is 0 Å². The zero-order chi connectivity index (χ0) is 17.2. The smallest absolute Gasteiger partial charge is 0.251 e. The van der Waals surface area contributed by atoms with Crippen molar-refractivity contribution < 1.29 is 13.2 Å². The standard InChI is InChI=1S/C15H17BrN2O3S2/c1-10(13-5-4-8-22-13)17-15(19)11-6-7-12(16)14(9-11)23(20,21)18(2)3/h4-10H,1-3H3,(H,17,19). The molecule has 1 aromatic carbocycles. The molecule has 0 aliphatic carbocycles. The predicted octanol–water partition coefficient (Wildman–Crippen LogP) is 3.25. The maximum Gasteiger partial charge on any atom is 0.251 e. The van der Waals surface area contributed by atoms with Gasteiger partial charge < -0.3 is 5.32 Å². The SMILES string of the molecule is CC(NC(=O)c1ccc(Br)c(S(=O)(=O)N(C)C)c1)c1cccs1. The molecule has 1 aromatic heterocycles. The Morgan fingerprint density at radius 1 is 1.30 bits per heavy atom. The van der Waals surface area contributed by atoms with Crippen LogP contribution >= 0.6 is 27.3 Å². The number of carbonyl (C=O) groups is 1. The molecule has 2 aromatic rings. The summed E-state index contributed by atoms with van der Waals surface area (Å²) in [6, 6.07) is 8.27. The van der Waals surface area contributed by atoms with Gasteiger partial charge in [0.2, 0.25) is 10.0 Å². The fourth-order valence-electron chi connectivity index (χ4n) is 1.93. The van der Waals surface area contributed by atoms with Crippen LogP contribution in [0.25, 0.3) is 0 Å². The Balaban J connectivity index is 2.29. The molecule has 1 atom stereocenters. The van der Waals surface area contributed by atoms with E-state index in [1.165, 1.54) is 20.2 Å². The predicted molar refractivity (Wildman–Crippen MR) is 95.2 cm³/mol. The van der Waals surface area contributed by atoms with Crippen molar-refractivity contribution in [3.05, 3.63) is 50.6 Å². The Labute approximate surface area is 148 Å². The molecule has 0 bridgehead atoms. The van der Waals surface area contributed by atoms with Crippen LogP contribution in [-0.4, -0.2) is 32.7 Å². The first-order valence-corrected chi connectivity index (χ1v) is 9.91. The summed E-state index contributed by atoms with van der Waals surface area (Å²) < 4.78 is 26.1. The first-order valence-electron chi connectivity index (χ1n) is 6.80. The van der Waals surface area contributed by atoms with Gasteiger partial charge in [-0.1, -0.05) is 6.07 Å². The lowest BCUT2D eigenvalue weighted by molar-refractivity contribution is 0.0940. The number of thiophene rings is 1. The summed E-state index contributed by atoms with van der Waals surface area (Å²) in [5.41, 5.74) is 0.303. The molecule has 23 heavy (non-hydrogen) atoms. The highest BCUT2D eigenvalue weighted by molar-refractivity contribution is 9.10. The molecule has 1 heterocycles. The van der Waals surface area contributed by atoms with Crippen LogP contribution in [0.5, 0.6) is 0 Å². The Morgan fingerprint density at radius 3 is 2.57 bits per heavy atom. The van der Waals surface area contributed by atoms with Gasteiger partial charge in [-0.2, -0.15) is 0 Å². The molecule has 1 unspecified atom stereocenters. The van der Waals surface area contributed by atoms with Gasteiger partial charge in [0.05, 0.1) is 10.9 Å². The van der Waals surface area contributed by atoms with Crippen molar-refractivity contribution in [2.45, 2.75) is 17.9 Å². The fourth-order valence-corrected chi connectivity index (χ4v) is 4.51. The first-order chi connectivity index (χ1) is 10.7. The fraction of sp³-hybridized carbons (Fsp3) is 0.267. The van der Waals surface area contributed by atoms with E-state index in [2.05, 4.69) is 21.2 Å². The summed E-state index contributed by atoms with van der Waals surface area (Å²) >= 11 is 4.79. The summed E-state index contributed by atoms with van der Waals surface area (Å²) in [5, 5.41) is 4.82. The molecule has 0 spiro atoms. The van der Waals surface area contributed by atoms with Crippen LogP contribution in [0, 0.1) is 0 Å². The molecule has 1 N–H and O–H groups in total. The second-order valence-electron chi connectivity index (χ2n) is 5.14. The number of carbonyl (C=O) groups excluding carboxylic acids is 1. The number of hydrogen-bond acceptors (Lipinski definition) is 4. The van der Waals surface area contributed by atoms with E-state index in [1.54, 1.807) is 23.5 Å². The van der Waals surface area contributed by atoms with Gasteiger partial charge in [-0.3, -0.25) is 4.79 Å². The number of amides is 1. The third-order valence-electron chi connectivity index (χ3n) is 3.27. The average molecular weight is 417 g/mol. The maximum atomic E-state index is 12.4. The van der Waals surface area contributed by atoms with Gasteiger partial charge in [-0.05, 0) is 52.5 Å². The number of sulfonamides is 1. The molecule has 5 nitrogen and oxygen atoms in total. The van der Waals surface area contributed by atoms with E-state index in [0.29, 0.717) is 10.0 Å². The number of hydrogen-bond donors (Lipinski definition) is 1. The zero-order valence-electron chi connectivity index (χ0n) is 12.9. The largest absolute Gasteiger partial charge is 0.345 e. The quantitative estimate of drug-likeness (QED) is 0.812. The van der Waals surface area contributed by atoms with E-state index >= 15 is 0 Å². The normalized spacial score (nSPS) is 13.1. The second-order valence-corrected chi connectivity index (χ2v) is 9.10. The molecule has 2 rings (SSSR count). The van der Waals surface area contributed by atoms with Gasteiger partial charge >= 0.3 is 0 Å². The van der Waals surface area contributed by atoms with E-state index < -0.39 is 10.0 Å². The van der Waals surface area contributed by atoms with E-state index in [-0.39, 0.29) is 16.8 Å². The number of rotatable bonds is 5. The summed E-state index contributed by atoms with van der Waals surface area (Å²) in [5.74, 6) is -0.311. The van der Waals surface area contributed by atoms with Gasteiger partial charge in [0.25, 0.3) is 5.91 Å². The van der Waals surface area contributed by atoms with Crippen LogP contribution in [0.1, 0.15) is 28.2 Å². The van der Waals surface area contributed by atoms with Gasteiger partial charge in [-0.15, -0.1) is 11.3 Å². The first kappa shape index (κ1) is 18.1.